The molecule has 1 amide bonds. The second kappa shape index (κ2) is 7.98. The zero-order valence-electron chi connectivity index (χ0n) is 13.1. The molecule has 0 fully saturated rings. The molecule has 2 aromatic carbocycles. The van der Waals surface area contributed by atoms with Crippen LogP contribution in [0.15, 0.2) is 54.6 Å². The summed E-state index contributed by atoms with van der Waals surface area (Å²) in [4.78, 5) is 23.5. The second-order valence-corrected chi connectivity index (χ2v) is 4.88. The fourth-order valence-corrected chi connectivity index (χ4v) is 1.88. The number of hydrogen-bond donors (Lipinski definition) is 1. The maximum absolute atomic E-state index is 12.0. The number of carbonyl (C=O) groups is 2. The first-order valence-corrected chi connectivity index (χ1v) is 7.42. The van der Waals surface area contributed by atoms with E-state index >= 15 is 0 Å². The molecule has 0 aliphatic heterocycles. The molecular formula is C18H19NO4. The Labute approximate surface area is 135 Å². The lowest BCUT2D eigenvalue weighted by Crippen LogP contribution is -2.35. The van der Waals surface area contributed by atoms with Crippen LogP contribution in [0.25, 0.3) is 0 Å². The topological polar surface area (TPSA) is 64.6 Å². The summed E-state index contributed by atoms with van der Waals surface area (Å²) in [7, 11) is 0. The van der Waals surface area contributed by atoms with Gasteiger partial charge >= 0.3 is 5.97 Å². The molecule has 0 spiro atoms. The van der Waals surface area contributed by atoms with Crippen LogP contribution in [0.2, 0.25) is 0 Å². The lowest BCUT2D eigenvalue weighted by molar-refractivity contribution is -0.128. The smallest absolute Gasteiger partial charge is 0.338 e. The van der Waals surface area contributed by atoms with E-state index < -0.39 is 12.1 Å². The van der Waals surface area contributed by atoms with Gasteiger partial charge in [-0.25, -0.2) is 4.79 Å². The van der Waals surface area contributed by atoms with Gasteiger partial charge in [-0.2, -0.15) is 0 Å². The lowest BCUT2D eigenvalue weighted by Gasteiger charge is -2.13. The van der Waals surface area contributed by atoms with Crippen molar-refractivity contribution >= 4 is 11.9 Å². The molecule has 0 saturated heterocycles. The van der Waals surface area contributed by atoms with E-state index in [9.17, 15) is 9.59 Å². The van der Waals surface area contributed by atoms with Crippen LogP contribution in [-0.4, -0.2) is 24.5 Å². The maximum atomic E-state index is 12.0. The van der Waals surface area contributed by atoms with Gasteiger partial charge in [-0.05, 0) is 50.2 Å². The van der Waals surface area contributed by atoms with Gasteiger partial charge in [-0.3, -0.25) is 4.79 Å². The average Bonchev–Trinajstić information content (AvgIpc) is 2.56. The van der Waals surface area contributed by atoms with Crippen molar-refractivity contribution in [2.45, 2.75) is 20.0 Å². The van der Waals surface area contributed by atoms with Gasteiger partial charge in [0.05, 0.1) is 5.56 Å². The Hall–Kier alpha value is -2.82. The van der Waals surface area contributed by atoms with E-state index in [4.69, 9.17) is 9.47 Å². The zero-order valence-corrected chi connectivity index (χ0v) is 13.1. The third kappa shape index (κ3) is 4.85. The van der Waals surface area contributed by atoms with E-state index in [0.717, 1.165) is 0 Å². The fourth-order valence-electron chi connectivity index (χ4n) is 1.88. The summed E-state index contributed by atoms with van der Waals surface area (Å²) in [5.74, 6) is 0.470. The normalized spacial score (nSPS) is 11.4. The van der Waals surface area contributed by atoms with Crippen molar-refractivity contribution in [3.05, 3.63) is 60.2 Å². The van der Waals surface area contributed by atoms with E-state index in [1.54, 1.807) is 31.2 Å². The number of hydrogen-bond acceptors (Lipinski definition) is 4. The largest absolute Gasteiger partial charge is 0.457 e. The van der Waals surface area contributed by atoms with Crippen LogP contribution in [-0.2, 0) is 9.53 Å². The molecule has 1 atom stereocenters. The number of rotatable bonds is 6. The standard InChI is InChI=1S/C18H19NO4/c1-3-19-17(20)13(2)22-18(21)14-9-11-16(12-10-14)23-15-7-5-4-6-8-15/h4-13H,3H2,1-2H3,(H,19,20)/t13-/m1/s1. The summed E-state index contributed by atoms with van der Waals surface area (Å²) in [6, 6.07) is 15.9. The molecule has 0 aromatic heterocycles. The highest BCUT2D eigenvalue weighted by atomic mass is 16.5. The predicted octanol–water partition coefficient (Wildman–Crippen LogP) is 3.16. The van der Waals surface area contributed by atoms with Gasteiger partial charge in [-0.15, -0.1) is 0 Å². The maximum Gasteiger partial charge on any atom is 0.338 e. The van der Waals surface area contributed by atoms with Crippen LogP contribution in [0.3, 0.4) is 0 Å². The Morgan fingerprint density at radius 1 is 1.00 bits per heavy atom. The molecule has 1 N–H and O–H groups in total. The molecule has 0 heterocycles. The van der Waals surface area contributed by atoms with Crippen LogP contribution in [0.5, 0.6) is 11.5 Å². The highest BCUT2D eigenvalue weighted by Gasteiger charge is 2.18. The first-order valence-electron chi connectivity index (χ1n) is 7.42. The molecule has 2 rings (SSSR count). The molecule has 0 radical (unpaired) electrons. The monoisotopic (exact) mass is 313 g/mol. The molecule has 0 saturated carbocycles. The molecule has 0 aliphatic rings. The lowest BCUT2D eigenvalue weighted by atomic mass is 10.2. The van der Waals surface area contributed by atoms with Crippen LogP contribution in [0, 0.1) is 0 Å². The Morgan fingerprint density at radius 2 is 1.61 bits per heavy atom. The first-order chi connectivity index (χ1) is 11.1. The minimum Gasteiger partial charge on any atom is -0.457 e. The van der Waals surface area contributed by atoms with Crippen molar-refractivity contribution < 1.29 is 19.1 Å². The number of likely N-dealkylation sites (N-methyl/N-ethyl adjacent to an activating group) is 1. The number of esters is 1. The minimum absolute atomic E-state index is 0.315. The summed E-state index contributed by atoms with van der Waals surface area (Å²) in [6.45, 7) is 3.83. The third-order valence-corrected chi connectivity index (χ3v) is 3.07. The molecular weight excluding hydrogens is 294 g/mol. The van der Waals surface area contributed by atoms with Crippen molar-refractivity contribution in [3.63, 3.8) is 0 Å². The Morgan fingerprint density at radius 3 is 2.22 bits per heavy atom. The van der Waals surface area contributed by atoms with Crippen molar-refractivity contribution in [1.82, 2.24) is 5.32 Å². The third-order valence-electron chi connectivity index (χ3n) is 3.07. The minimum atomic E-state index is -0.831. The van der Waals surface area contributed by atoms with Gasteiger partial charge in [0.15, 0.2) is 6.10 Å². The number of para-hydroxylation sites is 1. The molecule has 120 valence electrons. The summed E-state index contributed by atoms with van der Waals surface area (Å²) < 4.78 is 10.8. The first kappa shape index (κ1) is 16.5. The Bertz CT molecular complexity index is 652. The summed E-state index contributed by atoms with van der Waals surface area (Å²) in [5, 5.41) is 2.60. The van der Waals surface area contributed by atoms with Crippen molar-refractivity contribution in [1.29, 1.82) is 0 Å². The van der Waals surface area contributed by atoms with Crippen LogP contribution in [0.4, 0.5) is 0 Å². The number of carbonyl (C=O) groups excluding carboxylic acids is 2. The highest BCUT2D eigenvalue weighted by Crippen LogP contribution is 2.21. The zero-order chi connectivity index (χ0) is 16.7. The fraction of sp³-hybridized carbons (Fsp3) is 0.222. The molecule has 0 aliphatic carbocycles. The SMILES string of the molecule is CCNC(=O)[C@@H](C)OC(=O)c1ccc(Oc2ccccc2)cc1. The molecule has 2 aromatic rings. The predicted molar refractivity (Wildman–Crippen MR) is 86.5 cm³/mol. The Balaban J connectivity index is 1.96. The van der Waals surface area contributed by atoms with Crippen molar-refractivity contribution in [2.75, 3.05) is 6.54 Å². The van der Waals surface area contributed by atoms with E-state index in [2.05, 4.69) is 5.32 Å². The van der Waals surface area contributed by atoms with Gasteiger partial charge in [0, 0.05) is 6.54 Å². The molecule has 0 bridgehead atoms. The van der Waals surface area contributed by atoms with Crippen molar-refractivity contribution in [3.8, 4) is 11.5 Å². The van der Waals surface area contributed by atoms with Gasteiger partial charge in [0.2, 0.25) is 0 Å². The average molecular weight is 313 g/mol. The van der Waals surface area contributed by atoms with Gasteiger partial charge in [-0.1, -0.05) is 18.2 Å². The molecule has 5 heteroatoms. The van der Waals surface area contributed by atoms with Crippen LogP contribution in [0.1, 0.15) is 24.2 Å². The van der Waals surface area contributed by atoms with E-state index in [1.165, 1.54) is 6.92 Å². The molecule has 5 nitrogen and oxygen atoms in total. The highest BCUT2D eigenvalue weighted by molar-refractivity contribution is 5.92. The number of benzene rings is 2. The van der Waals surface area contributed by atoms with Gasteiger partial charge < -0.3 is 14.8 Å². The van der Waals surface area contributed by atoms with E-state index in [1.807, 2.05) is 30.3 Å². The number of nitrogens with one attached hydrogen (secondary N) is 1. The number of amides is 1. The summed E-state index contributed by atoms with van der Waals surface area (Å²) >= 11 is 0. The number of ether oxygens (including phenoxy) is 2. The van der Waals surface area contributed by atoms with Gasteiger partial charge in [0.25, 0.3) is 5.91 Å². The van der Waals surface area contributed by atoms with E-state index in [-0.39, 0.29) is 5.91 Å². The second-order valence-electron chi connectivity index (χ2n) is 4.88. The molecule has 0 unspecified atom stereocenters. The van der Waals surface area contributed by atoms with Gasteiger partial charge in [0.1, 0.15) is 11.5 Å². The van der Waals surface area contributed by atoms with Crippen LogP contribution >= 0.6 is 0 Å². The summed E-state index contributed by atoms with van der Waals surface area (Å²) in [5.41, 5.74) is 0.363. The van der Waals surface area contributed by atoms with Crippen LogP contribution < -0.4 is 10.1 Å². The quantitative estimate of drug-likeness (QED) is 0.832. The van der Waals surface area contributed by atoms with E-state index in [0.29, 0.717) is 23.6 Å². The van der Waals surface area contributed by atoms with Crippen molar-refractivity contribution in [2.24, 2.45) is 0 Å². The summed E-state index contributed by atoms with van der Waals surface area (Å²) in [6.07, 6.45) is -0.831. The Kier molecular flexibility index (Phi) is 5.74. The molecule has 23 heavy (non-hydrogen) atoms.